The SMILES string of the molecule is O=C(O)c1c(C(=O)O)c(C(=O)O)c2c(ccc3ccccc32)c1C(=O)O. The summed E-state index contributed by atoms with van der Waals surface area (Å²) in [6.07, 6.45) is 0. The van der Waals surface area contributed by atoms with Crippen molar-refractivity contribution in [3.63, 3.8) is 0 Å². The van der Waals surface area contributed by atoms with Gasteiger partial charge >= 0.3 is 23.9 Å². The van der Waals surface area contributed by atoms with Crippen molar-refractivity contribution >= 4 is 45.4 Å². The van der Waals surface area contributed by atoms with Gasteiger partial charge in [-0.3, -0.25) is 0 Å². The fourth-order valence-corrected chi connectivity index (χ4v) is 3.12. The van der Waals surface area contributed by atoms with Gasteiger partial charge in [0.25, 0.3) is 0 Å². The second-order valence-electron chi connectivity index (χ2n) is 5.43. The van der Waals surface area contributed by atoms with Crippen LogP contribution in [0, 0.1) is 0 Å². The molecule has 0 bridgehead atoms. The lowest BCUT2D eigenvalue weighted by atomic mass is 9.86. The average Bonchev–Trinajstić information content (AvgIpc) is 2.58. The van der Waals surface area contributed by atoms with Gasteiger partial charge in [-0.15, -0.1) is 0 Å². The predicted molar refractivity (Wildman–Crippen MR) is 89.3 cm³/mol. The first-order valence-corrected chi connectivity index (χ1v) is 7.20. The monoisotopic (exact) mass is 354 g/mol. The molecule has 3 rings (SSSR count). The summed E-state index contributed by atoms with van der Waals surface area (Å²) in [6.45, 7) is 0. The van der Waals surface area contributed by atoms with Gasteiger partial charge in [0.1, 0.15) is 0 Å². The summed E-state index contributed by atoms with van der Waals surface area (Å²) < 4.78 is 0. The van der Waals surface area contributed by atoms with Crippen molar-refractivity contribution < 1.29 is 39.6 Å². The molecular formula is C18H10O8. The van der Waals surface area contributed by atoms with Gasteiger partial charge in [0, 0.05) is 5.39 Å². The summed E-state index contributed by atoms with van der Waals surface area (Å²) in [6, 6.07) is 9.22. The highest BCUT2D eigenvalue weighted by Gasteiger charge is 2.33. The summed E-state index contributed by atoms with van der Waals surface area (Å²) in [7, 11) is 0. The van der Waals surface area contributed by atoms with E-state index < -0.39 is 46.1 Å². The summed E-state index contributed by atoms with van der Waals surface area (Å²) in [5.41, 5.74) is -3.65. The molecular weight excluding hydrogens is 344 g/mol. The number of benzene rings is 3. The number of hydrogen-bond donors (Lipinski definition) is 4. The van der Waals surface area contributed by atoms with E-state index in [4.69, 9.17) is 0 Å². The first-order chi connectivity index (χ1) is 12.3. The number of aromatic carboxylic acids is 4. The van der Waals surface area contributed by atoms with Crippen LogP contribution in [0.25, 0.3) is 21.5 Å². The van der Waals surface area contributed by atoms with Gasteiger partial charge in [-0.05, 0) is 16.2 Å². The third kappa shape index (κ3) is 2.32. The van der Waals surface area contributed by atoms with E-state index in [9.17, 15) is 39.6 Å². The van der Waals surface area contributed by atoms with Gasteiger partial charge in [0.2, 0.25) is 0 Å². The van der Waals surface area contributed by atoms with Crippen molar-refractivity contribution in [2.75, 3.05) is 0 Å². The van der Waals surface area contributed by atoms with Crippen LogP contribution in [0.5, 0.6) is 0 Å². The van der Waals surface area contributed by atoms with Crippen LogP contribution < -0.4 is 0 Å². The van der Waals surface area contributed by atoms with E-state index in [2.05, 4.69) is 0 Å². The smallest absolute Gasteiger partial charge is 0.337 e. The molecule has 0 aliphatic rings. The van der Waals surface area contributed by atoms with Crippen LogP contribution in [-0.2, 0) is 0 Å². The number of fused-ring (bicyclic) bond motifs is 3. The van der Waals surface area contributed by atoms with Gasteiger partial charge < -0.3 is 20.4 Å². The molecule has 3 aromatic rings. The maximum absolute atomic E-state index is 11.8. The van der Waals surface area contributed by atoms with E-state index in [1.165, 1.54) is 18.2 Å². The first-order valence-electron chi connectivity index (χ1n) is 7.20. The Kier molecular flexibility index (Phi) is 3.80. The molecule has 8 nitrogen and oxygen atoms in total. The highest BCUT2D eigenvalue weighted by molar-refractivity contribution is 6.28. The molecule has 0 fully saturated rings. The first kappa shape index (κ1) is 16.9. The fourth-order valence-electron chi connectivity index (χ4n) is 3.12. The van der Waals surface area contributed by atoms with Crippen molar-refractivity contribution in [1.82, 2.24) is 0 Å². The van der Waals surface area contributed by atoms with E-state index >= 15 is 0 Å². The molecule has 0 aliphatic heterocycles. The Morgan fingerprint density at radius 3 is 1.58 bits per heavy atom. The topological polar surface area (TPSA) is 149 Å². The van der Waals surface area contributed by atoms with Crippen molar-refractivity contribution in [3.05, 3.63) is 58.7 Å². The predicted octanol–water partition coefficient (Wildman–Crippen LogP) is 2.79. The number of carbonyl (C=O) groups is 4. The highest BCUT2D eigenvalue weighted by Crippen LogP contribution is 2.36. The van der Waals surface area contributed by atoms with Crippen LogP contribution in [0.1, 0.15) is 41.4 Å². The highest BCUT2D eigenvalue weighted by atomic mass is 16.4. The molecule has 0 atom stereocenters. The maximum atomic E-state index is 11.8. The van der Waals surface area contributed by atoms with Crippen molar-refractivity contribution in [2.24, 2.45) is 0 Å². The largest absolute Gasteiger partial charge is 0.478 e. The summed E-state index contributed by atoms with van der Waals surface area (Å²) in [4.78, 5) is 46.9. The van der Waals surface area contributed by atoms with Crippen LogP contribution in [0.15, 0.2) is 36.4 Å². The van der Waals surface area contributed by atoms with E-state index in [1.54, 1.807) is 18.2 Å². The molecule has 0 aliphatic carbocycles. The molecule has 0 spiro atoms. The molecule has 0 saturated heterocycles. The molecule has 0 heterocycles. The molecule has 0 radical (unpaired) electrons. The number of hydrogen-bond acceptors (Lipinski definition) is 4. The summed E-state index contributed by atoms with van der Waals surface area (Å²) in [5.74, 6) is -7.00. The third-order valence-corrected chi connectivity index (χ3v) is 4.05. The Hall–Kier alpha value is -3.94. The number of carboxylic acids is 4. The lowest BCUT2D eigenvalue weighted by Crippen LogP contribution is -2.20. The minimum absolute atomic E-state index is 0.129. The molecule has 0 aromatic heterocycles. The van der Waals surface area contributed by atoms with Crippen LogP contribution in [0.4, 0.5) is 0 Å². The Morgan fingerprint density at radius 1 is 0.538 bits per heavy atom. The lowest BCUT2D eigenvalue weighted by Gasteiger charge is -2.16. The Morgan fingerprint density at radius 2 is 1.04 bits per heavy atom. The van der Waals surface area contributed by atoms with E-state index in [0.717, 1.165) is 0 Å². The normalized spacial score (nSPS) is 10.8. The number of rotatable bonds is 4. The molecule has 26 heavy (non-hydrogen) atoms. The molecule has 0 saturated carbocycles. The van der Waals surface area contributed by atoms with Crippen LogP contribution >= 0.6 is 0 Å². The Labute approximate surface area is 144 Å². The molecule has 3 aromatic carbocycles. The molecule has 8 heteroatoms. The fraction of sp³-hybridized carbons (Fsp3) is 0. The number of carboxylic acid groups (broad SMARTS) is 4. The van der Waals surface area contributed by atoms with Gasteiger partial charge in [0.15, 0.2) is 0 Å². The van der Waals surface area contributed by atoms with Gasteiger partial charge in [-0.2, -0.15) is 0 Å². The van der Waals surface area contributed by atoms with Crippen LogP contribution in [0.3, 0.4) is 0 Å². The summed E-state index contributed by atoms with van der Waals surface area (Å²) >= 11 is 0. The van der Waals surface area contributed by atoms with Crippen molar-refractivity contribution in [1.29, 1.82) is 0 Å². The zero-order valence-corrected chi connectivity index (χ0v) is 12.9. The lowest BCUT2D eigenvalue weighted by molar-refractivity contribution is 0.0621. The third-order valence-electron chi connectivity index (χ3n) is 4.05. The second kappa shape index (κ2) is 5.85. The Bertz CT molecular complexity index is 1140. The standard InChI is InChI=1S/C18H10O8/c19-15(20)11-9-6-5-7-3-1-2-4-8(7)10(9)12(16(21)22)14(18(25)26)13(11)17(23)24/h1-6H,(H,19,20)(H,21,22)(H,23,24)(H,25,26). The van der Waals surface area contributed by atoms with Crippen molar-refractivity contribution in [3.8, 4) is 0 Å². The minimum Gasteiger partial charge on any atom is -0.478 e. The van der Waals surface area contributed by atoms with Crippen LogP contribution in [0.2, 0.25) is 0 Å². The Balaban J connectivity index is 2.80. The average molecular weight is 354 g/mol. The molecule has 0 unspecified atom stereocenters. The van der Waals surface area contributed by atoms with Gasteiger partial charge in [-0.1, -0.05) is 36.4 Å². The quantitative estimate of drug-likeness (QED) is 0.522. The zero-order valence-electron chi connectivity index (χ0n) is 12.9. The maximum Gasteiger partial charge on any atom is 0.337 e. The zero-order chi connectivity index (χ0) is 19.2. The van der Waals surface area contributed by atoms with Gasteiger partial charge in [0.05, 0.1) is 22.3 Å². The minimum atomic E-state index is -1.84. The van der Waals surface area contributed by atoms with Gasteiger partial charge in [-0.25, -0.2) is 19.2 Å². The molecule has 130 valence electrons. The van der Waals surface area contributed by atoms with E-state index in [0.29, 0.717) is 10.8 Å². The van der Waals surface area contributed by atoms with Crippen molar-refractivity contribution in [2.45, 2.75) is 0 Å². The molecule has 0 amide bonds. The second-order valence-corrected chi connectivity index (χ2v) is 5.43. The van der Waals surface area contributed by atoms with E-state index in [1.807, 2.05) is 0 Å². The molecule has 4 N–H and O–H groups in total. The summed E-state index contributed by atoms with van der Waals surface area (Å²) in [5, 5.41) is 38.6. The van der Waals surface area contributed by atoms with Crippen LogP contribution in [-0.4, -0.2) is 44.3 Å². The van der Waals surface area contributed by atoms with E-state index in [-0.39, 0.29) is 10.8 Å².